The van der Waals surface area contributed by atoms with E-state index in [-0.39, 0.29) is 5.78 Å². The number of esters is 1. The summed E-state index contributed by atoms with van der Waals surface area (Å²) < 4.78 is 5.49. The predicted molar refractivity (Wildman–Crippen MR) is 116 cm³/mol. The van der Waals surface area contributed by atoms with Crippen LogP contribution in [0.2, 0.25) is 0 Å². The third kappa shape index (κ3) is 4.38. The lowest BCUT2D eigenvalue weighted by molar-refractivity contribution is -0.123. The van der Waals surface area contributed by atoms with Crippen LogP contribution in [0.25, 0.3) is 10.9 Å². The lowest BCUT2D eigenvalue weighted by Crippen LogP contribution is -2.30. The van der Waals surface area contributed by atoms with E-state index < -0.39 is 18.0 Å². The standard InChI is InChI=1S/C24H24N2O4/c1-5-20-14(2)22(19-11-6-7-12-21(19)26-20)24(29)30-16(4)23(28)25-18-10-8-9-17(13-18)15(3)27/h6-13,16H,5H2,1-4H3,(H,25,28)/t16-/m0/s1. The number of pyridine rings is 1. The van der Waals surface area contributed by atoms with Gasteiger partial charge in [0.25, 0.3) is 5.91 Å². The Morgan fingerprint density at radius 2 is 1.83 bits per heavy atom. The number of ketones is 1. The number of aryl methyl sites for hydroxylation is 1. The molecular formula is C24H24N2O4. The number of aromatic nitrogens is 1. The average molecular weight is 404 g/mol. The van der Waals surface area contributed by atoms with E-state index >= 15 is 0 Å². The van der Waals surface area contributed by atoms with Gasteiger partial charge in [-0.3, -0.25) is 14.6 Å². The first-order valence-electron chi connectivity index (χ1n) is 9.82. The number of nitrogens with one attached hydrogen (secondary N) is 1. The van der Waals surface area contributed by atoms with Crippen LogP contribution in [0.15, 0.2) is 48.5 Å². The van der Waals surface area contributed by atoms with E-state index in [1.165, 1.54) is 13.8 Å². The second kappa shape index (κ2) is 8.86. The minimum absolute atomic E-state index is 0.0997. The van der Waals surface area contributed by atoms with Crippen LogP contribution in [0.1, 0.15) is 52.7 Å². The quantitative estimate of drug-likeness (QED) is 0.483. The van der Waals surface area contributed by atoms with E-state index in [0.29, 0.717) is 34.1 Å². The first-order chi connectivity index (χ1) is 14.3. The van der Waals surface area contributed by atoms with Crippen molar-refractivity contribution in [3.05, 3.63) is 70.9 Å². The maximum absolute atomic E-state index is 13.0. The molecule has 0 fully saturated rings. The van der Waals surface area contributed by atoms with Crippen molar-refractivity contribution in [3.8, 4) is 0 Å². The fourth-order valence-electron chi connectivity index (χ4n) is 3.30. The molecule has 1 aromatic heterocycles. The van der Waals surface area contributed by atoms with Gasteiger partial charge in [-0.15, -0.1) is 0 Å². The van der Waals surface area contributed by atoms with Crippen molar-refractivity contribution in [1.29, 1.82) is 0 Å². The summed E-state index contributed by atoms with van der Waals surface area (Å²) in [6, 6.07) is 14.0. The third-order valence-electron chi connectivity index (χ3n) is 4.97. The van der Waals surface area contributed by atoms with E-state index in [2.05, 4.69) is 10.3 Å². The normalized spacial score (nSPS) is 11.7. The second-order valence-electron chi connectivity index (χ2n) is 7.10. The van der Waals surface area contributed by atoms with E-state index in [4.69, 9.17) is 4.74 Å². The number of fused-ring (bicyclic) bond motifs is 1. The van der Waals surface area contributed by atoms with E-state index in [1.807, 2.05) is 38.1 Å². The number of Topliss-reactive ketones (excluding diaryl/α,β-unsaturated/α-hetero) is 1. The van der Waals surface area contributed by atoms with Crippen molar-refractivity contribution in [2.75, 3.05) is 5.32 Å². The molecule has 1 heterocycles. The topological polar surface area (TPSA) is 85.4 Å². The van der Waals surface area contributed by atoms with Crippen LogP contribution in [0, 0.1) is 6.92 Å². The Morgan fingerprint density at radius 1 is 1.10 bits per heavy atom. The molecule has 0 unspecified atom stereocenters. The summed E-state index contributed by atoms with van der Waals surface area (Å²) in [4.78, 5) is 41.7. The SMILES string of the molecule is CCc1nc2ccccc2c(C(=O)O[C@@H](C)C(=O)Nc2cccc(C(C)=O)c2)c1C. The number of para-hydroxylation sites is 1. The van der Waals surface area contributed by atoms with Gasteiger partial charge >= 0.3 is 5.97 Å². The molecule has 0 saturated carbocycles. The molecule has 1 amide bonds. The molecule has 0 radical (unpaired) electrons. The van der Waals surface area contributed by atoms with Crippen LogP contribution in [0.4, 0.5) is 5.69 Å². The van der Waals surface area contributed by atoms with Gasteiger partial charge in [-0.25, -0.2) is 4.79 Å². The van der Waals surface area contributed by atoms with Gasteiger partial charge in [-0.1, -0.05) is 37.3 Å². The molecular weight excluding hydrogens is 380 g/mol. The molecule has 3 aromatic rings. The molecule has 0 saturated heterocycles. The number of hydrogen-bond donors (Lipinski definition) is 1. The van der Waals surface area contributed by atoms with Gasteiger partial charge in [0.2, 0.25) is 0 Å². The first-order valence-corrected chi connectivity index (χ1v) is 9.82. The molecule has 30 heavy (non-hydrogen) atoms. The lowest BCUT2D eigenvalue weighted by Gasteiger charge is -2.17. The van der Waals surface area contributed by atoms with Crippen LogP contribution < -0.4 is 5.32 Å². The minimum atomic E-state index is -1.02. The molecule has 3 rings (SSSR count). The number of benzene rings is 2. The fraction of sp³-hybridized carbons (Fsp3) is 0.250. The summed E-state index contributed by atoms with van der Waals surface area (Å²) in [5.41, 5.74) is 3.67. The summed E-state index contributed by atoms with van der Waals surface area (Å²) in [7, 11) is 0. The van der Waals surface area contributed by atoms with Crippen LogP contribution in [-0.4, -0.2) is 28.7 Å². The lowest BCUT2D eigenvalue weighted by atomic mass is 10.0. The molecule has 0 aliphatic heterocycles. The molecule has 0 bridgehead atoms. The molecule has 6 nitrogen and oxygen atoms in total. The zero-order chi connectivity index (χ0) is 21.8. The van der Waals surface area contributed by atoms with Crippen molar-refractivity contribution in [2.24, 2.45) is 0 Å². The highest BCUT2D eigenvalue weighted by Crippen LogP contribution is 2.25. The Kier molecular flexibility index (Phi) is 6.26. The number of carbonyl (C=O) groups is 3. The second-order valence-corrected chi connectivity index (χ2v) is 7.10. The minimum Gasteiger partial charge on any atom is -0.449 e. The summed E-state index contributed by atoms with van der Waals surface area (Å²) >= 11 is 0. The number of nitrogens with zero attached hydrogens (tertiary/aromatic N) is 1. The fourth-order valence-corrected chi connectivity index (χ4v) is 3.30. The van der Waals surface area contributed by atoms with E-state index in [1.54, 1.807) is 24.3 Å². The van der Waals surface area contributed by atoms with Crippen molar-refractivity contribution >= 4 is 34.3 Å². The summed E-state index contributed by atoms with van der Waals surface area (Å²) in [6.45, 7) is 6.79. The molecule has 6 heteroatoms. The highest BCUT2D eigenvalue weighted by molar-refractivity contribution is 6.06. The number of hydrogen-bond acceptors (Lipinski definition) is 5. The Morgan fingerprint density at radius 3 is 2.53 bits per heavy atom. The van der Waals surface area contributed by atoms with Gasteiger partial charge in [0.05, 0.1) is 11.1 Å². The highest BCUT2D eigenvalue weighted by atomic mass is 16.5. The van der Waals surface area contributed by atoms with Crippen LogP contribution in [0.5, 0.6) is 0 Å². The van der Waals surface area contributed by atoms with Gasteiger partial charge < -0.3 is 10.1 Å². The number of ether oxygens (including phenoxy) is 1. The number of anilines is 1. The maximum Gasteiger partial charge on any atom is 0.339 e. The molecule has 1 N–H and O–H groups in total. The first kappa shape index (κ1) is 21.2. The third-order valence-corrected chi connectivity index (χ3v) is 4.97. The Hall–Kier alpha value is -3.54. The molecule has 0 aliphatic carbocycles. The van der Waals surface area contributed by atoms with Crippen molar-refractivity contribution in [3.63, 3.8) is 0 Å². The molecule has 0 spiro atoms. The van der Waals surface area contributed by atoms with Gasteiger partial charge in [0.15, 0.2) is 11.9 Å². The average Bonchev–Trinajstić information content (AvgIpc) is 2.73. The maximum atomic E-state index is 13.0. The van der Waals surface area contributed by atoms with Crippen molar-refractivity contribution < 1.29 is 19.1 Å². The summed E-state index contributed by atoms with van der Waals surface area (Å²) in [5.74, 6) is -1.14. The smallest absolute Gasteiger partial charge is 0.339 e. The largest absolute Gasteiger partial charge is 0.449 e. The van der Waals surface area contributed by atoms with Crippen LogP contribution in [-0.2, 0) is 16.0 Å². The Labute approximate surface area is 175 Å². The predicted octanol–water partition coefficient (Wildman–Crippen LogP) is 4.49. The number of rotatable bonds is 6. The number of carbonyl (C=O) groups excluding carboxylic acids is 3. The zero-order valence-electron chi connectivity index (χ0n) is 17.5. The van der Waals surface area contributed by atoms with Crippen molar-refractivity contribution in [2.45, 2.75) is 40.2 Å². The van der Waals surface area contributed by atoms with Gasteiger partial charge in [0.1, 0.15) is 0 Å². The molecule has 0 aliphatic rings. The molecule has 1 atom stereocenters. The summed E-state index contributed by atoms with van der Waals surface area (Å²) in [5, 5.41) is 3.38. The summed E-state index contributed by atoms with van der Waals surface area (Å²) in [6.07, 6.45) is -0.339. The monoisotopic (exact) mass is 404 g/mol. The zero-order valence-corrected chi connectivity index (χ0v) is 17.5. The van der Waals surface area contributed by atoms with Crippen LogP contribution >= 0.6 is 0 Å². The number of amides is 1. The van der Waals surface area contributed by atoms with Crippen LogP contribution in [0.3, 0.4) is 0 Å². The van der Waals surface area contributed by atoms with E-state index in [0.717, 1.165) is 11.3 Å². The molecule has 154 valence electrons. The van der Waals surface area contributed by atoms with Gasteiger partial charge in [-0.2, -0.15) is 0 Å². The Bertz CT molecular complexity index is 1140. The van der Waals surface area contributed by atoms with E-state index in [9.17, 15) is 14.4 Å². The highest BCUT2D eigenvalue weighted by Gasteiger charge is 2.23. The Balaban J connectivity index is 1.82. The van der Waals surface area contributed by atoms with Gasteiger partial charge in [0, 0.05) is 22.3 Å². The van der Waals surface area contributed by atoms with Crippen molar-refractivity contribution in [1.82, 2.24) is 4.98 Å². The van der Waals surface area contributed by atoms with Gasteiger partial charge in [-0.05, 0) is 51.0 Å². The molecule has 2 aromatic carbocycles.